The highest BCUT2D eigenvalue weighted by molar-refractivity contribution is 5.94. The van der Waals surface area contributed by atoms with Crippen LogP contribution < -0.4 is 5.32 Å². The first kappa shape index (κ1) is 12.8. The zero-order chi connectivity index (χ0) is 13.8. The number of aromatic amines is 1. The molecule has 1 aliphatic rings. The van der Waals surface area contributed by atoms with Gasteiger partial charge in [-0.25, -0.2) is 5.10 Å². The first-order valence-electron chi connectivity index (χ1n) is 7.06. The number of nitrogens with zero attached hydrogens (tertiary/aromatic N) is 2. The fourth-order valence-corrected chi connectivity index (χ4v) is 3.05. The van der Waals surface area contributed by atoms with E-state index in [0.717, 1.165) is 18.4 Å². The van der Waals surface area contributed by atoms with Crippen molar-refractivity contribution in [2.45, 2.75) is 31.6 Å². The van der Waals surface area contributed by atoms with Gasteiger partial charge in [0, 0.05) is 0 Å². The van der Waals surface area contributed by atoms with Crippen LogP contribution in [0.4, 0.5) is 5.95 Å². The van der Waals surface area contributed by atoms with Crippen LogP contribution >= 0.6 is 0 Å². The van der Waals surface area contributed by atoms with Crippen LogP contribution in [0.5, 0.6) is 0 Å². The number of carbonyl (C=O) groups is 1. The van der Waals surface area contributed by atoms with Crippen molar-refractivity contribution in [3.8, 4) is 0 Å². The number of anilines is 1. The Hall–Kier alpha value is -2.17. The molecule has 1 atom stereocenters. The van der Waals surface area contributed by atoms with Crippen LogP contribution in [0.3, 0.4) is 0 Å². The number of benzene rings is 1. The molecule has 0 saturated heterocycles. The Morgan fingerprint density at radius 3 is 2.65 bits per heavy atom. The van der Waals surface area contributed by atoms with Gasteiger partial charge in [0.05, 0.1) is 5.92 Å². The number of carbonyl (C=O) groups excluding carboxylic acids is 1. The zero-order valence-corrected chi connectivity index (χ0v) is 11.2. The summed E-state index contributed by atoms with van der Waals surface area (Å²) >= 11 is 0. The number of nitrogens with one attached hydrogen (secondary N) is 2. The predicted molar refractivity (Wildman–Crippen MR) is 76.2 cm³/mol. The molecule has 20 heavy (non-hydrogen) atoms. The Balaban J connectivity index is 1.83. The van der Waals surface area contributed by atoms with E-state index < -0.39 is 0 Å². The molecule has 0 aliphatic heterocycles. The molecule has 2 aromatic rings. The second-order valence-corrected chi connectivity index (χ2v) is 5.26. The average Bonchev–Trinajstić information content (AvgIpc) is 3.14. The van der Waals surface area contributed by atoms with E-state index in [1.807, 2.05) is 30.3 Å². The summed E-state index contributed by atoms with van der Waals surface area (Å²) in [5, 5.41) is 9.26. The predicted octanol–water partition coefficient (Wildman–Crippen LogP) is 2.72. The standard InChI is InChI=1S/C15H18N4O/c20-14(18-15-16-10-17-19-15)13(12-8-4-5-9-12)11-6-2-1-3-7-11/h1-3,6-7,10,12-13H,4-5,8-9H2,(H2,16,17,18,19,20)/t13-/m0/s1. The summed E-state index contributed by atoms with van der Waals surface area (Å²) in [4.78, 5) is 16.6. The number of rotatable bonds is 4. The molecule has 5 nitrogen and oxygen atoms in total. The van der Waals surface area contributed by atoms with Crippen molar-refractivity contribution in [3.05, 3.63) is 42.2 Å². The minimum atomic E-state index is -0.108. The Morgan fingerprint density at radius 1 is 1.25 bits per heavy atom. The fourth-order valence-electron chi connectivity index (χ4n) is 3.05. The molecule has 1 aromatic carbocycles. The van der Waals surface area contributed by atoms with Gasteiger partial charge in [0.15, 0.2) is 0 Å². The number of hydrogen-bond donors (Lipinski definition) is 2. The highest BCUT2D eigenvalue weighted by atomic mass is 16.2. The van der Waals surface area contributed by atoms with Gasteiger partial charge in [0.2, 0.25) is 11.9 Å². The molecule has 0 unspecified atom stereocenters. The Morgan fingerprint density at radius 2 is 2.00 bits per heavy atom. The van der Waals surface area contributed by atoms with E-state index in [1.54, 1.807) is 0 Å². The van der Waals surface area contributed by atoms with Crippen LogP contribution in [0.1, 0.15) is 37.2 Å². The van der Waals surface area contributed by atoms with Crippen molar-refractivity contribution in [3.63, 3.8) is 0 Å². The van der Waals surface area contributed by atoms with Gasteiger partial charge in [-0.3, -0.25) is 10.1 Å². The first-order chi connectivity index (χ1) is 9.84. The second kappa shape index (κ2) is 5.86. The molecule has 5 heteroatoms. The molecule has 2 N–H and O–H groups in total. The van der Waals surface area contributed by atoms with Gasteiger partial charge in [-0.15, -0.1) is 0 Å². The summed E-state index contributed by atoms with van der Waals surface area (Å²) in [5.74, 6) is 0.720. The molecule has 1 amide bonds. The van der Waals surface area contributed by atoms with Crippen molar-refractivity contribution in [2.75, 3.05) is 5.32 Å². The topological polar surface area (TPSA) is 70.7 Å². The SMILES string of the molecule is O=C(Nc1ncn[nH]1)[C@@H](c1ccccc1)C1CCCC1. The van der Waals surface area contributed by atoms with Crippen LogP contribution in [-0.2, 0) is 4.79 Å². The maximum absolute atomic E-state index is 12.6. The molecule has 0 radical (unpaired) electrons. The van der Waals surface area contributed by atoms with Gasteiger partial charge in [0.1, 0.15) is 6.33 Å². The van der Waals surface area contributed by atoms with E-state index in [2.05, 4.69) is 20.5 Å². The van der Waals surface area contributed by atoms with Crippen molar-refractivity contribution >= 4 is 11.9 Å². The lowest BCUT2D eigenvalue weighted by molar-refractivity contribution is -0.118. The Bertz CT molecular complexity index is 547. The number of amides is 1. The van der Waals surface area contributed by atoms with Crippen LogP contribution in [-0.4, -0.2) is 21.1 Å². The highest BCUT2D eigenvalue weighted by Crippen LogP contribution is 2.37. The summed E-state index contributed by atoms with van der Waals surface area (Å²) in [6.07, 6.45) is 6.04. The van der Waals surface area contributed by atoms with Crippen LogP contribution in [0.2, 0.25) is 0 Å². The quantitative estimate of drug-likeness (QED) is 0.897. The minimum Gasteiger partial charge on any atom is -0.294 e. The number of aromatic nitrogens is 3. The van der Waals surface area contributed by atoms with Crippen LogP contribution in [0, 0.1) is 5.92 Å². The summed E-state index contributed by atoms with van der Waals surface area (Å²) in [6.45, 7) is 0. The van der Waals surface area contributed by atoms with Gasteiger partial charge >= 0.3 is 0 Å². The van der Waals surface area contributed by atoms with E-state index in [4.69, 9.17) is 0 Å². The molecule has 1 aromatic heterocycles. The maximum atomic E-state index is 12.6. The Kier molecular flexibility index (Phi) is 3.76. The van der Waals surface area contributed by atoms with Crippen molar-refractivity contribution in [1.29, 1.82) is 0 Å². The number of H-pyrrole nitrogens is 1. The molecule has 1 aliphatic carbocycles. The zero-order valence-electron chi connectivity index (χ0n) is 11.2. The maximum Gasteiger partial charge on any atom is 0.234 e. The lowest BCUT2D eigenvalue weighted by Gasteiger charge is -2.22. The summed E-state index contributed by atoms with van der Waals surface area (Å²) in [6, 6.07) is 10.0. The minimum absolute atomic E-state index is 0.000139. The molecule has 1 heterocycles. The lowest BCUT2D eigenvalue weighted by Crippen LogP contribution is -2.27. The molecule has 1 fully saturated rings. The molecular formula is C15H18N4O. The summed E-state index contributed by atoms with van der Waals surface area (Å²) in [7, 11) is 0. The smallest absolute Gasteiger partial charge is 0.234 e. The number of hydrogen-bond acceptors (Lipinski definition) is 3. The van der Waals surface area contributed by atoms with Crippen LogP contribution in [0.15, 0.2) is 36.7 Å². The third kappa shape index (κ3) is 2.71. The van der Waals surface area contributed by atoms with Gasteiger partial charge in [-0.05, 0) is 24.3 Å². The molecule has 1 saturated carbocycles. The molecular weight excluding hydrogens is 252 g/mol. The second-order valence-electron chi connectivity index (χ2n) is 5.26. The van der Waals surface area contributed by atoms with E-state index in [0.29, 0.717) is 11.9 Å². The average molecular weight is 270 g/mol. The van der Waals surface area contributed by atoms with Gasteiger partial charge < -0.3 is 0 Å². The van der Waals surface area contributed by atoms with E-state index in [9.17, 15) is 4.79 Å². The van der Waals surface area contributed by atoms with E-state index >= 15 is 0 Å². The monoisotopic (exact) mass is 270 g/mol. The Labute approximate surface area is 117 Å². The first-order valence-corrected chi connectivity index (χ1v) is 7.06. The van der Waals surface area contributed by atoms with Crippen LogP contribution in [0.25, 0.3) is 0 Å². The largest absolute Gasteiger partial charge is 0.294 e. The van der Waals surface area contributed by atoms with Gasteiger partial charge in [-0.2, -0.15) is 10.1 Å². The third-order valence-electron chi connectivity index (χ3n) is 3.97. The van der Waals surface area contributed by atoms with Gasteiger partial charge in [0.25, 0.3) is 0 Å². The normalized spacial score (nSPS) is 17.0. The van der Waals surface area contributed by atoms with Crippen molar-refractivity contribution < 1.29 is 4.79 Å². The summed E-state index contributed by atoms with van der Waals surface area (Å²) in [5.41, 5.74) is 1.08. The van der Waals surface area contributed by atoms with Crippen molar-refractivity contribution in [2.24, 2.45) is 5.92 Å². The van der Waals surface area contributed by atoms with Gasteiger partial charge in [-0.1, -0.05) is 43.2 Å². The molecule has 0 bridgehead atoms. The van der Waals surface area contributed by atoms with E-state index in [-0.39, 0.29) is 11.8 Å². The molecule has 0 spiro atoms. The molecule has 104 valence electrons. The highest BCUT2D eigenvalue weighted by Gasteiger charge is 2.32. The lowest BCUT2D eigenvalue weighted by atomic mass is 9.84. The third-order valence-corrected chi connectivity index (χ3v) is 3.97. The fraction of sp³-hybridized carbons (Fsp3) is 0.400. The molecule has 3 rings (SSSR count). The van der Waals surface area contributed by atoms with E-state index in [1.165, 1.54) is 19.2 Å². The summed E-state index contributed by atoms with van der Waals surface area (Å²) < 4.78 is 0. The van der Waals surface area contributed by atoms with Crippen molar-refractivity contribution in [1.82, 2.24) is 15.2 Å².